The van der Waals surface area contributed by atoms with Gasteiger partial charge in [0.1, 0.15) is 0 Å². The van der Waals surface area contributed by atoms with Crippen molar-refractivity contribution >= 4 is 21.7 Å². The van der Waals surface area contributed by atoms with Crippen molar-refractivity contribution in [2.75, 3.05) is 24.5 Å². The summed E-state index contributed by atoms with van der Waals surface area (Å²) in [6, 6.07) is 1.46. The molecule has 1 aromatic heterocycles. The molecule has 1 aliphatic rings. The summed E-state index contributed by atoms with van der Waals surface area (Å²) >= 11 is 3.22. The van der Waals surface area contributed by atoms with Crippen molar-refractivity contribution in [1.29, 1.82) is 0 Å². The molecule has 0 saturated carbocycles. The second-order valence-electron chi connectivity index (χ2n) is 4.60. The molecule has 0 aromatic carbocycles. The first-order valence-electron chi connectivity index (χ1n) is 5.30. The normalized spacial score (nSPS) is 19.9. The minimum Gasteiger partial charge on any atom is -0.347 e. The lowest BCUT2D eigenvalue weighted by Gasteiger charge is -2.43. The van der Waals surface area contributed by atoms with Crippen LogP contribution in [0.25, 0.3) is 0 Å². The Kier molecular flexibility index (Phi) is 3.17. The van der Waals surface area contributed by atoms with E-state index < -0.39 is 0 Å². The van der Waals surface area contributed by atoms with Crippen LogP contribution in [0.5, 0.6) is 0 Å². The van der Waals surface area contributed by atoms with E-state index in [1.165, 1.54) is 6.07 Å². The minimum absolute atomic E-state index is 0.111. The highest BCUT2D eigenvalue weighted by Crippen LogP contribution is 2.27. The molecule has 2 rings (SSSR count). The molecule has 0 unspecified atom stereocenters. The molecule has 88 valence electrons. The minimum atomic E-state index is -0.274. The number of anilines is 1. The van der Waals surface area contributed by atoms with Crippen LogP contribution in [0, 0.1) is 5.82 Å². The Labute approximate surface area is 103 Å². The molecule has 1 N–H and O–H groups in total. The Morgan fingerprint density at radius 3 is 2.94 bits per heavy atom. The largest absolute Gasteiger partial charge is 0.347 e. The molecule has 0 bridgehead atoms. The van der Waals surface area contributed by atoms with Crippen LogP contribution in [0.4, 0.5) is 10.2 Å². The van der Waals surface area contributed by atoms with Gasteiger partial charge in [-0.05, 0) is 35.8 Å². The summed E-state index contributed by atoms with van der Waals surface area (Å²) < 4.78 is 14.5. The molecule has 0 atom stereocenters. The van der Waals surface area contributed by atoms with Crippen LogP contribution in [-0.4, -0.2) is 30.2 Å². The Bertz CT molecular complexity index is 395. The van der Waals surface area contributed by atoms with Crippen LogP contribution in [0.15, 0.2) is 16.7 Å². The molecule has 0 aliphatic carbocycles. The van der Waals surface area contributed by atoms with E-state index in [0.717, 1.165) is 19.6 Å². The monoisotopic (exact) mass is 287 g/mol. The fourth-order valence-electron chi connectivity index (χ4n) is 1.98. The van der Waals surface area contributed by atoms with Crippen molar-refractivity contribution < 1.29 is 4.39 Å². The molecule has 0 amide bonds. The van der Waals surface area contributed by atoms with E-state index in [1.54, 1.807) is 6.20 Å². The van der Waals surface area contributed by atoms with E-state index in [1.807, 2.05) is 4.90 Å². The summed E-state index contributed by atoms with van der Waals surface area (Å²) in [6.45, 7) is 6.65. The molecule has 0 radical (unpaired) electrons. The molecule has 0 spiro atoms. The molecular formula is C11H15BrFN3. The molecular weight excluding hydrogens is 273 g/mol. The summed E-state index contributed by atoms with van der Waals surface area (Å²) in [6.07, 6.45) is 1.64. The molecule has 1 aliphatic heterocycles. The first kappa shape index (κ1) is 11.8. The van der Waals surface area contributed by atoms with Gasteiger partial charge in [-0.1, -0.05) is 0 Å². The Morgan fingerprint density at radius 2 is 2.31 bits per heavy atom. The van der Waals surface area contributed by atoms with Gasteiger partial charge in [0.05, 0.1) is 0 Å². The highest BCUT2D eigenvalue weighted by atomic mass is 79.9. The number of nitrogens with one attached hydrogen (secondary N) is 1. The van der Waals surface area contributed by atoms with Gasteiger partial charge in [-0.2, -0.15) is 0 Å². The fourth-order valence-corrected chi connectivity index (χ4v) is 2.29. The maximum absolute atomic E-state index is 13.8. The Hall–Kier alpha value is -0.680. The molecule has 3 nitrogen and oxygen atoms in total. The number of halogens is 2. The number of aromatic nitrogens is 1. The summed E-state index contributed by atoms with van der Waals surface area (Å²) in [5.41, 5.74) is -0.111. The average Bonchev–Trinajstić information content (AvgIpc) is 2.19. The quantitative estimate of drug-likeness (QED) is 0.858. The predicted molar refractivity (Wildman–Crippen MR) is 66.2 cm³/mol. The van der Waals surface area contributed by atoms with Crippen LogP contribution in [0.2, 0.25) is 0 Å². The first-order valence-corrected chi connectivity index (χ1v) is 6.09. The van der Waals surface area contributed by atoms with Crippen molar-refractivity contribution in [3.63, 3.8) is 0 Å². The number of hydrogen-bond acceptors (Lipinski definition) is 3. The summed E-state index contributed by atoms with van der Waals surface area (Å²) in [4.78, 5) is 6.19. The number of rotatable bonds is 1. The van der Waals surface area contributed by atoms with Crippen molar-refractivity contribution in [2.24, 2.45) is 0 Å². The molecule has 1 saturated heterocycles. The van der Waals surface area contributed by atoms with E-state index >= 15 is 0 Å². The number of hydrogen-bond donors (Lipinski definition) is 1. The standard InChI is InChI=1S/C11H15BrFN3/c1-11(2)7-14-3-4-16(11)10-9(13)5-8(12)6-15-10/h5-6,14H,3-4,7H2,1-2H3. The van der Waals surface area contributed by atoms with Crippen molar-refractivity contribution in [1.82, 2.24) is 10.3 Å². The topological polar surface area (TPSA) is 28.2 Å². The highest BCUT2D eigenvalue weighted by molar-refractivity contribution is 9.10. The zero-order valence-corrected chi connectivity index (χ0v) is 11.0. The van der Waals surface area contributed by atoms with E-state index in [4.69, 9.17) is 0 Å². The number of pyridine rings is 1. The second kappa shape index (κ2) is 4.30. The smallest absolute Gasteiger partial charge is 0.166 e. The maximum Gasteiger partial charge on any atom is 0.166 e. The number of nitrogens with zero attached hydrogens (tertiary/aromatic N) is 2. The van der Waals surface area contributed by atoms with Gasteiger partial charge in [0.25, 0.3) is 0 Å². The lowest BCUT2D eigenvalue weighted by atomic mass is 10.0. The predicted octanol–water partition coefficient (Wildman–Crippen LogP) is 2.17. The van der Waals surface area contributed by atoms with Gasteiger partial charge < -0.3 is 10.2 Å². The van der Waals surface area contributed by atoms with Gasteiger partial charge in [0, 0.05) is 35.8 Å². The van der Waals surface area contributed by atoms with Crippen LogP contribution in [0.3, 0.4) is 0 Å². The van der Waals surface area contributed by atoms with Gasteiger partial charge >= 0.3 is 0 Å². The van der Waals surface area contributed by atoms with Crippen LogP contribution in [-0.2, 0) is 0 Å². The van der Waals surface area contributed by atoms with Gasteiger partial charge in [-0.15, -0.1) is 0 Å². The summed E-state index contributed by atoms with van der Waals surface area (Å²) in [7, 11) is 0. The van der Waals surface area contributed by atoms with Crippen LogP contribution < -0.4 is 10.2 Å². The average molecular weight is 288 g/mol. The Morgan fingerprint density at radius 1 is 1.56 bits per heavy atom. The third-order valence-corrected chi connectivity index (χ3v) is 3.28. The molecule has 2 heterocycles. The van der Waals surface area contributed by atoms with E-state index in [-0.39, 0.29) is 11.4 Å². The fraction of sp³-hybridized carbons (Fsp3) is 0.545. The zero-order chi connectivity index (χ0) is 11.8. The molecule has 16 heavy (non-hydrogen) atoms. The van der Waals surface area contributed by atoms with Gasteiger partial charge in [-0.25, -0.2) is 9.37 Å². The van der Waals surface area contributed by atoms with Crippen molar-refractivity contribution in [2.45, 2.75) is 19.4 Å². The summed E-state index contributed by atoms with van der Waals surface area (Å²) in [5, 5.41) is 3.30. The van der Waals surface area contributed by atoms with E-state index in [2.05, 4.69) is 40.1 Å². The van der Waals surface area contributed by atoms with Crippen LogP contribution >= 0.6 is 15.9 Å². The highest BCUT2D eigenvalue weighted by Gasteiger charge is 2.32. The maximum atomic E-state index is 13.8. The van der Waals surface area contributed by atoms with E-state index in [9.17, 15) is 4.39 Å². The van der Waals surface area contributed by atoms with Gasteiger partial charge in [-0.3, -0.25) is 0 Å². The lowest BCUT2D eigenvalue weighted by Crippen LogP contribution is -2.58. The van der Waals surface area contributed by atoms with Gasteiger partial charge in [0.15, 0.2) is 11.6 Å². The van der Waals surface area contributed by atoms with Gasteiger partial charge in [0.2, 0.25) is 0 Å². The SMILES string of the molecule is CC1(C)CNCCN1c1ncc(Br)cc1F. The van der Waals surface area contributed by atoms with Crippen LogP contribution in [0.1, 0.15) is 13.8 Å². The molecule has 1 fully saturated rings. The summed E-state index contributed by atoms with van der Waals surface area (Å²) in [5.74, 6) is 0.166. The zero-order valence-electron chi connectivity index (χ0n) is 9.43. The van der Waals surface area contributed by atoms with Crippen molar-refractivity contribution in [3.05, 3.63) is 22.6 Å². The third-order valence-electron chi connectivity index (χ3n) is 2.84. The third kappa shape index (κ3) is 2.20. The lowest BCUT2D eigenvalue weighted by molar-refractivity contribution is 0.372. The second-order valence-corrected chi connectivity index (χ2v) is 5.52. The Balaban J connectivity index is 2.35. The number of piperazine rings is 1. The molecule has 1 aromatic rings. The van der Waals surface area contributed by atoms with E-state index in [0.29, 0.717) is 10.3 Å². The van der Waals surface area contributed by atoms with Crippen molar-refractivity contribution in [3.8, 4) is 0 Å². The molecule has 5 heteroatoms. The first-order chi connectivity index (χ1) is 7.50.